The Morgan fingerprint density at radius 2 is 1.97 bits per heavy atom. The van der Waals surface area contributed by atoms with E-state index in [0.29, 0.717) is 52.5 Å². The van der Waals surface area contributed by atoms with Crippen LogP contribution in [0.15, 0.2) is 29.8 Å². The van der Waals surface area contributed by atoms with Crippen LogP contribution < -0.4 is 10.2 Å². The number of piperidine rings is 1. The molecule has 0 bridgehead atoms. The zero-order valence-corrected chi connectivity index (χ0v) is 23.2. The van der Waals surface area contributed by atoms with Crippen molar-refractivity contribution in [2.45, 2.75) is 19.3 Å². The van der Waals surface area contributed by atoms with Crippen molar-refractivity contribution in [1.29, 1.82) is 0 Å². The van der Waals surface area contributed by atoms with Crippen LogP contribution in [0.25, 0.3) is 16.1 Å². The molecule has 0 aromatic carbocycles. The molecule has 0 saturated carbocycles. The molecule has 194 valence electrons. The van der Waals surface area contributed by atoms with Gasteiger partial charge in [0, 0.05) is 37.8 Å². The molecule has 2 aliphatic heterocycles. The van der Waals surface area contributed by atoms with Crippen LogP contribution in [0.1, 0.15) is 34.5 Å². The number of carbonyl (C=O) groups is 2. The zero-order valence-electron chi connectivity index (χ0n) is 20.0. The van der Waals surface area contributed by atoms with E-state index in [0.717, 1.165) is 35.0 Å². The van der Waals surface area contributed by atoms with Crippen molar-refractivity contribution in [3.05, 3.63) is 50.3 Å². The summed E-state index contributed by atoms with van der Waals surface area (Å²) in [4.78, 5) is 39.7. The monoisotopic (exact) mass is 577 g/mol. The molecule has 0 atom stereocenters. The number of thiophene rings is 1. The first kappa shape index (κ1) is 26.1. The Hall–Kier alpha value is -2.50. The number of amides is 1. The molecule has 3 aromatic heterocycles. The van der Waals surface area contributed by atoms with Gasteiger partial charge in [-0.15, -0.1) is 11.3 Å². The standard InChI is InChI=1S/C25H25Cl2N5O3S2/c1-31-6-2-3-15(12-31)21-20(19-10-17(26)13-36-19)29-25(37-21)30-23(33)16-9-18(27)22(28-11-16)32-7-4-14(5-8-32)24(34)35/h3,9-11,13-14H,2,4-8,12H2,1H3,(H,34,35)(H,29,30,33). The van der Waals surface area contributed by atoms with E-state index in [2.05, 4.69) is 28.3 Å². The molecule has 0 radical (unpaired) electrons. The SMILES string of the molecule is CN1CCC=C(c2sc(NC(=O)c3cnc(N4CCC(C(=O)O)CC4)c(Cl)c3)nc2-c2cc(Cl)cs2)C1. The van der Waals surface area contributed by atoms with Gasteiger partial charge in [0.2, 0.25) is 0 Å². The number of pyridine rings is 1. The van der Waals surface area contributed by atoms with Crippen molar-refractivity contribution in [3.63, 3.8) is 0 Å². The number of rotatable bonds is 6. The first-order chi connectivity index (χ1) is 17.8. The molecular weight excluding hydrogens is 553 g/mol. The van der Waals surface area contributed by atoms with E-state index in [1.54, 1.807) is 6.07 Å². The molecule has 5 heterocycles. The van der Waals surface area contributed by atoms with Crippen LogP contribution in [-0.4, -0.2) is 65.1 Å². The van der Waals surface area contributed by atoms with Crippen LogP contribution in [0.4, 0.5) is 10.9 Å². The fourth-order valence-corrected chi connectivity index (χ4v) is 6.97. The summed E-state index contributed by atoms with van der Waals surface area (Å²) in [5, 5.41) is 15.5. The summed E-state index contributed by atoms with van der Waals surface area (Å²) in [5.74, 6) is -0.906. The first-order valence-electron chi connectivity index (χ1n) is 11.9. The Kier molecular flexibility index (Phi) is 7.83. The predicted octanol–water partition coefficient (Wildman–Crippen LogP) is 5.85. The molecule has 1 fully saturated rings. The van der Waals surface area contributed by atoms with Gasteiger partial charge in [0.15, 0.2) is 5.13 Å². The van der Waals surface area contributed by atoms with Crippen molar-refractivity contribution in [2.24, 2.45) is 5.92 Å². The number of aliphatic carboxylic acids is 1. The lowest BCUT2D eigenvalue weighted by Crippen LogP contribution is -2.37. The lowest BCUT2D eigenvalue weighted by Gasteiger charge is -2.31. The van der Waals surface area contributed by atoms with Crippen molar-refractivity contribution in [2.75, 3.05) is 43.4 Å². The minimum Gasteiger partial charge on any atom is -0.481 e. The van der Waals surface area contributed by atoms with E-state index in [9.17, 15) is 14.7 Å². The molecular formula is C25H25Cl2N5O3S2. The molecule has 2 aliphatic rings. The quantitative estimate of drug-likeness (QED) is 0.379. The van der Waals surface area contributed by atoms with Crippen molar-refractivity contribution in [1.82, 2.24) is 14.9 Å². The van der Waals surface area contributed by atoms with Crippen molar-refractivity contribution < 1.29 is 14.7 Å². The molecule has 0 unspecified atom stereocenters. The van der Waals surface area contributed by atoms with Crippen molar-refractivity contribution in [3.8, 4) is 10.6 Å². The van der Waals surface area contributed by atoms with Crippen LogP contribution in [0, 0.1) is 5.92 Å². The number of carboxylic acid groups (broad SMARTS) is 1. The minimum absolute atomic E-state index is 0.322. The van der Waals surface area contributed by atoms with Crippen LogP contribution in [0.3, 0.4) is 0 Å². The Balaban J connectivity index is 1.35. The summed E-state index contributed by atoms with van der Waals surface area (Å²) in [5.41, 5.74) is 2.32. The van der Waals surface area contributed by atoms with Gasteiger partial charge in [0.25, 0.3) is 5.91 Å². The van der Waals surface area contributed by atoms with Gasteiger partial charge in [-0.1, -0.05) is 40.6 Å². The normalized spacial score (nSPS) is 17.1. The smallest absolute Gasteiger partial charge is 0.306 e. The van der Waals surface area contributed by atoms with Gasteiger partial charge in [-0.3, -0.25) is 14.9 Å². The number of hydrogen-bond acceptors (Lipinski definition) is 8. The van der Waals surface area contributed by atoms with E-state index in [-0.39, 0.29) is 11.8 Å². The van der Waals surface area contributed by atoms with Gasteiger partial charge in [0.1, 0.15) is 11.5 Å². The van der Waals surface area contributed by atoms with E-state index in [1.807, 2.05) is 16.3 Å². The fourth-order valence-electron chi connectivity index (χ4n) is 4.55. The maximum absolute atomic E-state index is 13.1. The molecule has 3 aromatic rings. The first-order valence-corrected chi connectivity index (χ1v) is 14.3. The van der Waals surface area contributed by atoms with Gasteiger partial charge in [-0.2, -0.15) is 0 Å². The number of halogens is 2. The predicted molar refractivity (Wildman–Crippen MR) is 150 cm³/mol. The van der Waals surface area contributed by atoms with E-state index < -0.39 is 5.97 Å². The Bertz CT molecular complexity index is 1360. The number of hydrogen-bond donors (Lipinski definition) is 2. The molecule has 8 nitrogen and oxygen atoms in total. The number of thiazole rings is 1. The van der Waals surface area contributed by atoms with Crippen LogP contribution in [0.2, 0.25) is 10.0 Å². The second-order valence-corrected chi connectivity index (χ2v) is 11.9. The van der Waals surface area contributed by atoms with Crippen molar-refractivity contribution >= 4 is 74.3 Å². The average Bonchev–Trinajstić information content (AvgIpc) is 3.50. The van der Waals surface area contributed by atoms with Gasteiger partial charge < -0.3 is 14.9 Å². The van der Waals surface area contributed by atoms with Crippen LogP contribution in [-0.2, 0) is 4.79 Å². The molecule has 37 heavy (non-hydrogen) atoms. The lowest BCUT2D eigenvalue weighted by molar-refractivity contribution is -0.142. The summed E-state index contributed by atoms with van der Waals surface area (Å²) < 4.78 is 0. The molecule has 1 amide bonds. The Morgan fingerprint density at radius 1 is 1.19 bits per heavy atom. The molecule has 1 saturated heterocycles. The zero-order chi connectivity index (χ0) is 26.1. The molecule has 0 spiro atoms. The Morgan fingerprint density at radius 3 is 2.62 bits per heavy atom. The highest BCUT2D eigenvalue weighted by Gasteiger charge is 2.27. The largest absolute Gasteiger partial charge is 0.481 e. The molecule has 5 rings (SSSR count). The average molecular weight is 579 g/mol. The number of carboxylic acids is 1. The van der Waals surface area contributed by atoms with Gasteiger partial charge in [-0.05, 0) is 44.0 Å². The third-order valence-corrected chi connectivity index (χ3v) is 9.12. The van der Waals surface area contributed by atoms with E-state index in [1.165, 1.54) is 34.4 Å². The van der Waals surface area contributed by atoms with Crippen LogP contribution in [0.5, 0.6) is 0 Å². The Labute approximate surface area is 232 Å². The van der Waals surface area contributed by atoms with Gasteiger partial charge >= 0.3 is 5.97 Å². The third-order valence-electron chi connectivity index (χ3n) is 6.51. The highest BCUT2D eigenvalue weighted by molar-refractivity contribution is 7.18. The van der Waals surface area contributed by atoms with E-state index >= 15 is 0 Å². The summed E-state index contributed by atoms with van der Waals surface area (Å²) in [6.45, 7) is 2.93. The number of nitrogens with zero attached hydrogens (tertiary/aromatic N) is 4. The van der Waals surface area contributed by atoms with Gasteiger partial charge in [-0.25, -0.2) is 9.97 Å². The highest BCUT2D eigenvalue weighted by Crippen LogP contribution is 2.40. The summed E-state index contributed by atoms with van der Waals surface area (Å²) >= 11 is 15.7. The number of aromatic nitrogens is 2. The number of nitrogens with one attached hydrogen (secondary N) is 1. The molecule has 0 aliphatic carbocycles. The maximum atomic E-state index is 13.1. The number of anilines is 2. The number of carbonyl (C=O) groups excluding carboxylic acids is 1. The van der Waals surface area contributed by atoms with Crippen LogP contribution >= 0.6 is 45.9 Å². The van der Waals surface area contributed by atoms with Gasteiger partial charge in [0.05, 0.1) is 31.3 Å². The third kappa shape index (κ3) is 5.83. The topological polar surface area (TPSA) is 98.7 Å². The second kappa shape index (κ2) is 11.1. The molecule has 2 N–H and O–H groups in total. The fraction of sp³-hybridized carbons (Fsp3) is 0.360. The minimum atomic E-state index is -0.770. The summed E-state index contributed by atoms with van der Waals surface area (Å²) in [7, 11) is 2.09. The summed E-state index contributed by atoms with van der Waals surface area (Å²) in [6.07, 6.45) is 5.75. The maximum Gasteiger partial charge on any atom is 0.306 e. The highest BCUT2D eigenvalue weighted by atomic mass is 35.5. The summed E-state index contributed by atoms with van der Waals surface area (Å²) in [6, 6.07) is 3.49. The lowest BCUT2D eigenvalue weighted by atomic mass is 9.97. The molecule has 12 heteroatoms. The number of likely N-dealkylation sites (N-methyl/N-ethyl adjacent to an activating group) is 1. The van der Waals surface area contributed by atoms with E-state index in [4.69, 9.17) is 28.2 Å². The second-order valence-electron chi connectivity index (χ2n) is 9.16.